The van der Waals surface area contributed by atoms with Gasteiger partial charge in [-0.05, 0) is 111 Å². The Morgan fingerprint density at radius 1 is 1.03 bits per heavy atom. The monoisotopic (exact) mass is 430 g/mol. The summed E-state index contributed by atoms with van der Waals surface area (Å²) in [4.78, 5) is 12.3. The summed E-state index contributed by atoms with van der Waals surface area (Å²) in [5, 5.41) is 10.3. The lowest BCUT2D eigenvalue weighted by Gasteiger charge is -2.53. The van der Waals surface area contributed by atoms with Crippen molar-refractivity contribution in [1.82, 2.24) is 0 Å². The number of Topliss-reactive ketones (excluding diaryl/α,β-unsaturated/α-hetero) is 1. The lowest BCUT2D eigenvalue weighted by molar-refractivity contribution is -0.120. The summed E-state index contributed by atoms with van der Waals surface area (Å²) in [5.74, 6) is 5.02. The SMILES string of the molecule is C.C#C.CC(C)[C@H](O)CCC1CCC2[C@@H]3CCC4CC(=O)CC[C@@](C)(C4)C3CC[C@]12C. The van der Waals surface area contributed by atoms with E-state index in [-0.39, 0.29) is 13.5 Å². The Balaban J connectivity index is 0.00000111. The Bertz CT molecular complexity index is 621. The first kappa shape index (κ1) is 26.4. The molecular formula is C29H50O2. The van der Waals surface area contributed by atoms with Gasteiger partial charge in [-0.1, -0.05) is 35.1 Å². The van der Waals surface area contributed by atoms with Crippen LogP contribution in [-0.4, -0.2) is 17.0 Å². The molecule has 0 amide bonds. The van der Waals surface area contributed by atoms with E-state index in [4.69, 9.17) is 0 Å². The standard InChI is InChI=1S/C26H44O2.C2H2.CH4/c1-17(2)24(28)10-7-19-6-9-23-21-8-5-18-15-20(27)11-13-25(3,16-18)22(21)12-14-26(19,23)4;1-2;/h17-19,21-24,28H,5-16H2,1-4H3;1-2H;1H4/t18?,19?,21-,22?,23?,24-,25+,26-;;/m1../s1. The van der Waals surface area contributed by atoms with Gasteiger partial charge in [-0.25, -0.2) is 0 Å². The van der Waals surface area contributed by atoms with E-state index in [9.17, 15) is 9.90 Å². The molecule has 31 heavy (non-hydrogen) atoms. The van der Waals surface area contributed by atoms with Crippen LogP contribution in [0.3, 0.4) is 0 Å². The molecule has 4 aliphatic rings. The molecule has 4 saturated carbocycles. The summed E-state index contributed by atoms with van der Waals surface area (Å²) in [6.07, 6.45) is 22.5. The Labute approximate surface area is 193 Å². The van der Waals surface area contributed by atoms with Crippen molar-refractivity contribution >= 4 is 5.78 Å². The molecule has 178 valence electrons. The summed E-state index contributed by atoms with van der Waals surface area (Å²) >= 11 is 0. The van der Waals surface area contributed by atoms with Crippen LogP contribution in [0.15, 0.2) is 0 Å². The van der Waals surface area contributed by atoms with Crippen LogP contribution in [0.25, 0.3) is 0 Å². The average Bonchev–Trinajstić information content (AvgIpc) is 2.88. The molecule has 2 nitrogen and oxygen atoms in total. The van der Waals surface area contributed by atoms with Crippen molar-refractivity contribution in [3.63, 3.8) is 0 Å². The van der Waals surface area contributed by atoms with Gasteiger partial charge in [-0.2, -0.15) is 0 Å². The van der Waals surface area contributed by atoms with Gasteiger partial charge in [0, 0.05) is 12.8 Å². The summed E-state index contributed by atoms with van der Waals surface area (Å²) in [6.45, 7) is 9.46. The molecule has 0 radical (unpaired) electrons. The minimum atomic E-state index is -0.128. The Hall–Kier alpha value is -0.810. The fraction of sp³-hybridized carbons (Fsp3) is 0.897. The normalized spacial score (nSPS) is 42.7. The van der Waals surface area contributed by atoms with E-state index >= 15 is 0 Å². The molecule has 4 fully saturated rings. The second kappa shape index (κ2) is 10.4. The van der Waals surface area contributed by atoms with E-state index in [1.54, 1.807) is 0 Å². The van der Waals surface area contributed by atoms with Crippen LogP contribution in [0.4, 0.5) is 0 Å². The number of aliphatic hydroxyl groups is 1. The predicted octanol–water partition coefficient (Wildman–Crippen LogP) is 7.29. The van der Waals surface area contributed by atoms with Gasteiger partial charge >= 0.3 is 0 Å². The summed E-state index contributed by atoms with van der Waals surface area (Å²) in [5.41, 5.74) is 0.907. The number of aliphatic hydroxyl groups excluding tert-OH is 1. The molecule has 8 atom stereocenters. The van der Waals surface area contributed by atoms with Gasteiger partial charge in [0.15, 0.2) is 0 Å². The van der Waals surface area contributed by atoms with Crippen molar-refractivity contribution < 1.29 is 9.90 Å². The smallest absolute Gasteiger partial charge is 0.133 e. The van der Waals surface area contributed by atoms with Crippen LogP contribution < -0.4 is 0 Å². The first-order valence-electron chi connectivity index (χ1n) is 12.8. The van der Waals surface area contributed by atoms with E-state index in [2.05, 4.69) is 40.5 Å². The third-order valence-electron chi connectivity index (χ3n) is 10.3. The molecule has 4 rings (SSSR count). The van der Waals surface area contributed by atoms with Gasteiger partial charge in [0.1, 0.15) is 5.78 Å². The molecule has 2 heteroatoms. The zero-order chi connectivity index (χ0) is 22.1. The van der Waals surface area contributed by atoms with Crippen molar-refractivity contribution in [2.75, 3.05) is 0 Å². The van der Waals surface area contributed by atoms with Crippen LogP contribution in [0, 0.1) is 59.2 Å². The summed E-state index contributed by atoms with van der Waals surface area (Å²) < 4.78 is 0. The Morgan fingerprint density at radius 2 is 1.74 bits per heavy atom. The minimum Gasteiger partial charge on any atom is -0.393 e. The van der Waals surface area contributed by atoms with Crippen molar-refractivity contribution in [3.05, 3.63) is 0 Å². The largest absolute Gasteiger partial charge is 0.393 e. The second-order valence-electron chi connectivity index (χ2n) is 12.1. The van der Waals surface area contributed by atoms with Crippen LogP contribution in [0.1, 0.15) is 112 Å². The number of terminal acetylenes is 1. The topological polar surface area (TPSA) is 37.3 Å². The number of carbonyl (C=O) groups is 1. The Morgan fingerprint density at radius 3 is 2.42 bits per heavy atom. The lowest BCUT2D eigenvalue weighted by Crippen LogP contribution is -2.46. The van der Waals surface area contributed by atoms with Gasteiger partial charge < -0.3 is 5.11 Å². The van der Waals surface area contributed by atoms with Gasteiger partial charge in [0.25, 0.3) is 0 Å². The maximum atomic E-state index is 12.3. The number of fused-ring (bicyclic) bond motifs is 6. The van der Waals surface area contributed by atoms with Crippen LogP contribution >= 0.6 is 0 Å². The fourth-order valence-electron chi connectivity index (χ4n) is 8.50. The molecular weight excluding hydrogens is 380 g/mol. The van der Waals surface area contributed by atoms with E-state index < -0.39 is 0 Å². The highest BCUT2D eigenvalue weighted by Crippen LogP contribution is 2.66. The van der Waals surface area contributed by atoms with Crippen LogP contribution in [0.2, 0.25) is 0 Å². The van der Waals surface area contributed by atoms with Crippen molar-refractivity contribution in [2.24, 2.45) is 46.3 Å². The van der Waals surface area contributed by atoms with Crippen LogP contribution in [-0.2, 0) is 4.79 Å². The van der Waals surface area contributed by atoms with Crippen molar-refractivity contribution in [2.45, 2.75) is 118 Å². The third kappa shape index (κ3) is 5.08. The highest BCUT2D eigenvalue weighted by Gasteiger charge is 2.57. The van der Waals surface area contributed by atoms with E-state index in [0.717, 1.165) is 49.4 Å². The van der Waals surface area contributed by atoms with Gasteiger partial charge in [0.05, 0.1) is 6.10 Å². The zero-order valence-corrected chi connectivity index (χ0v) is 20.0. The molecule has 0 aromatic carbocycles. The second-order valence-corrected chi connectivity index (χ2v) is 12.1. The number of ketones is 1. The third-order valence-corrected chi connectivity index (χ3v) is 10.3. The van der Waals surface area contributed by atoms with Gasteiger partial charge in [-0.15, -0.1) is 12.8 Å². The number of hydrogen-bond donors (Lipinski definition) is 1. The van der Waals surface area contributed by atoms with E-state index in [1.165, 1.54) is 51.4 Å². The quantitative estimate of drug-likeness (QED) is 0.475. The zero-order valence-electron chi connectivity index (χ0n) is 20.0. The molecule has 4 unspecified atom stereocenters. The Kier molecular flexibility index (Phi) is 8.89. The lowest BCUT2D eigenvalue weighted by atomic mass is 9.52. The van der Waals surface area contributed by atoms with E-state index in [1.807, 2.05) is 0 Å². The molecule has 0 spiro atoms. The van der Waals surface area contributed by atoms with Gasteiger partial charge in [-0.3, -0.25) is 4.79 Å². The first-order valence-corrected chi connectivity index (χ1v) is 12.8. The number of carbonyl (C=O) groups excluding carboxylic acids is 1. The number of hydrogen-bond acceptors (Lipinski definition) is 2. The highest BCUT2D eigenvalue weighted by molar-refractivity contribution is 5.79. The van der Waals surface area contributed by atoms with Crippen molar-refractivity contribution in [3.8, 4) is 12.8 Å². The first-order chi connectivity index (χ1) is 14.2. The van der Waals surface area contributed by atoms with Crippen molar-refractivity contribution in [1.29, 1.82) is 0 Å². The fourth-order valence-corrected chi connectivity index (χ4v) is 8.50. The maximum absolute atomic E-state index is 12.3. The molecule has 0 aromatic rings. The average molecular weight is 431 g/mol. The minimum absolute atomic E-state index is 0. The van der Waals surface area contributed by atoms with Gasteiger partial charge in [0.2, 0.25) is 0 Å². The highest BCUT2D eigenvalue weighted by atomic mass is 16.3. The molecule has 1 N–H and O–H groups in total. The predicted molar refractivity (Wildman–Crippen MR) is 132 cm³/mol. The molecule has 0 heterocycles. The molecule has 0 saturated heterocycles. The van der Waals surface area contributed by atoms with Crippen LogP contribution in [0.5, 0.6) is 0 Å². The molecule has 0 aromatic heterocycles. The molecule has 0 aliphatic heterocycles. The summed E-state index contributed by atoms with van der Waals surface area (Å²) in [6, 6.07) is 0. The maximum Gasteiger partial charge on any atom is 0.133 e. The molecule has 2 bridgehead atoms. The van der Waals surface area contributed by atoms with E-state index in [0.29, 0.717) is 28.4 Å². The molecule has 4 aliphatic carbocycles. The summed E-state index contributed by atoms with van der Waals surface area (Å²) in [7, 11) is 0. The number of rotatable bonds is 4.